The number of methoxy groups -OCH3 is 1. The molecule has 1 atom stereocenters. The van der Waals surface area contributed by atoms with Crippen molar-refractivity contribution in [3.8, 4) is 0 Å². The van der Waals surface area contributed by atoms with Gasteiger partial charge in [0.15, 0.2) is 5.13 Å². The Kier molecular flexibility index (Phi) is 5.77. The van der Waals surface area contributed by atoms with Gasteiger partial charge in [-0.15, -0.1) is 11.3 Å². The molecule has 1 fully saturated rings. The van der Waals surface area contributed by atoms with Crippen LogP contribution in [0.15, 0.2) is 0 Å². The quantitative estimate of drug-likeness (QED) is 0.802. The number of hydrogen-bond donors (Lipinski definition) is 1. The van der Waals surface area contributed by atoms with Crippen molar-refractivity contribution >= 4 is 16.5 Å². The lowest BCUT2D eigenvalue weighted by atomic mass is 10.2. The van der Waals surface area contributed by atoms with Gasteiger partial charge in [0.05, 0.1) is 12.3 Å². The fraction of sp³-hybridized carbons (Fsp3) is 0.786. The maximum absolute atomic E-state index is 5.05. The molecule has 2 heterocycles. The Hall–Kier alpha value is -0.690. The number of anilines is 1. The van der Waals surface area contributed by atoms with E-state index in [1.54, 1.807) is 7.11 Å². The topological polar surface area (TPSA) is 40.6 Å². The minimum atomic E-state index is 0.536. The van der Waals surface area contributed by atoms with Gasteiger partial charge in [-0.3, -0.25) is 0 Å². The van der Waals surface area contributed by atoms with Gasteiger partial charge in [-0.2, -0.15) is 0 Å². The van der Waals surface area contributed by atoms with Crippen LogP contribution in [0.4, 0.5) is 5.13 Å². The fourth-order valence-corrected chi connectivity index (χ4v) is 3.66. The number of thiazole rings is 1. The molecule has 0 bridgehead atoms. The molecule has 0 saturated carbocycles. The molecule has 1 unspecified atom stereocenters. The highest BCUT2D eigenvalue weighted by atomic mass is 32.1. The second kappa shape index (κ2) is 7.36. The number of nitrogens with zero attached hydrogens (tertiary/aromatic N) is 3. The number of nitrogens with one attached hydrogen (secondary N) is 1. The number of piperazine rings is 1. The van der Waals surface area contributed by atoms with Crippen LogP contribution in [-0.4, -0.2) is 62.9 Å². The van der Waals surface area contributed by atoms with Crippen LogP contribution in [0.3, 0.4) is 0 Å². The highest BCUT2D eigenvalue weighted by Gasteiger charge is 2.24. The van der Waals surface area contributed by atoms with Crippen LogP contribution in [0.25, 0.3) is 0 Å². The minimum Gasteiger partial charge on any atom is -0.383 e. The molecule has 1 aliphatic rings. The van der Waals surface area contributed by atoms with E-state index in [-0.39, 0.29) is 0 Å². The molecular formula is C14H26N4OS. The van der Waals surface area contributed by atoms with Crippen molar-refractivity contribution in [2.45, 2.75) is 26.4 Å². The number of hydrogen-bond acceptors (Lipinski definition) is 6. The molecule has 1 aromatic heterocycles. The van der Waals surface area contributed by atoms with E-state index >= 15 is 0 Å². The molecule has 1 aliphatic heterocycles. The van der Waals surface area contributed by atoms with Gasteiger partial charge in [-0.05, 0) is 20.9 Å². The van der Waals surface area contributed by atoms with Crippen LogP contribution in [0.1, 0.15) is 17.5 Å². The third-order valence-electron chi connectivity index (χ3n) is 3.73. The normalized spacial score (nSPS) is 20.6. The van der Waals surface area contributed by atoms with E-state index in [1.807, 2.05) is 11.3 Å². The third kappa shape index (κ3) is 3.91. The van der Waals surface area contributed by atoms with Crippen molar-refractivity contribution in [1.82, 2.24) is 15.2 Å². The van der Waals surface area contributed by atoms with E-state index in [4.69, 9.17) is 9.72 Å². The zero-order chi connectivity index (χ0) is 14.5. The van der Waals surface area contributed by atoms with Crippen LogP contribution in [0.2, 0.25) is 0 Å². The average Bonchev–Trinajstić information content (AvgIpc) is 2.76. The molecule has 1 aromatic rings. The van der Waals surface area contributed by atoms with E-state index in [0.717, 1.165) is 45.0 Å². The summed E-state index contributed by atoms with van der Waals surface area (Å²) in [6, 6.07) is 0.536. The molecule has 2 rings (SSSR count). The van der Waals surface area contributed by atoms with Gasteiger partial charge < -0.3 is 19.9 Å². The van der Waals surface area contributed by atoms with Crippen molar-refractivity contribution < 1.29 is 4.74 Å². The standard InChI is InChI=1S/C14H26N4OS/c1-11-10-17(3)6-7-18(11)14-16-12(2)13(20-14)9-15-5-8-19-4/h11,15H,5-10H2,1-4H3. The van der Waals surface area contributed by atoms with Gasteiger partial charge in [-0.25, -0.2) is 4.98 Å². The summed E-state index contributed by atoms with van der Waals surface area (Å²) in [4.78, 5) is 10.9. The Labute approximate surface area is 125 Å². The summed E-state index contributed by atoms with van der Waals surface area (Å²) >= 11 is 1.82. The molecule has 6 heteroatoms. The summed E-state index contributed by atoms with van der Waals surface area (Å²) in [5.74, 6) is 0. The summed E-state index contributed by atoms with van der Waals surface area (Å²) in [5, 5.41) is 4.57. The lowest BCUT2D eigenvalue weighted by Crippen LogP contribution is -2.50. The fourth-order valence-electron chi connectivity index (χ4n) is 2.50. The van der Waals surface area contributed by atoms with E-state index in [9.17, 15) is 0 Å². The predicted octanol–water partition coefficient (Wildman–Crippen LogP) is 1.33. The molecule has 0 amide bonds. The van der Waals surface area contributed by atoms with Gasteiger partial charge >= 0.3 is 0 Å². The first kappa shape index (κ1) is 15.7. The van der Waals surface area contributed by atoms with Crippen molar-refractivity contribution in [3.63, 3.8) is 0 Å². The lowest BCUT2D eigenvalue weighted by Gasteiger charge is -2.38. The van der Waals surface area contributed by atoms with Gasteiger partial charge in [0.25, 0.3) is 0 Å². The zero-order valence-electron chi connectivity index (χ0n) is 13.0. The van der Waals surface area contributed by atoms with Crippen molar-refractivity contribution in [3.05, 3.63) is 10.6 Å². The van der Waals surface area contributed by atoms with Crippen molar-refractivity contribution in [2.24, 2.45) is 0 Å². The number of aromatic nitrogens is 1. The Balaban J connectivity index is 1.96. The number of rotatable bonds is 6. The smallest absolute Gasteiger partial charge is 0.186 e. The summed E-state index contributed by atoms with van der Waals surface area (Å²) in [5.41, 5.74) is 1.15. The second-order valence-electron chi connectivity index (χ2n) is 5.48. The molecule has 0 aliphatic carbocycles. The molecule has 20 heavy (non-hydrogen) atoms. The first-order valence-corrected chi connectivity index (χ1v) is 8.04. The number of likely N-dealkylation sites (N-methyl/N-ethyl adjacent to an activating group) is 1. The lowest BCUT2D eigenvalue weighted by molar-refractivity contribution is 0.199. The maximum Gasteiger partial charge on any atom is 0.186 e. The highest BCUT2D eigenvalue weighted by Crippen LogP contribution is 2.28. The summed E-state index contributed by atoms with van der Waals surface area (Å²) in [6.07, 6.45) is 0. The molecular weight excluding hydrogens is 272 g/mol. The van der Waals surface area contributed by atoms with Crippen LogP contribution in [-0.2, 0) is 11.3 Å². The Morgan fingerprint density at radius 2 is 2.25 bits per heavy atom. The first-order chi connectivity index (χ1) is 9.61. The SMILES string of the molecule is COCCNCc1sc(N2CCN(C)CC2C)nc1C. The van der Waals surface area contributed by atoms with Gasteiger partial charge in [0.2, 0.25) is 0 Å². The average molecular weight is 298 g/mol. The predicted molar refractivity (Wildman–Crippen MR) is 84.7 cm³/mol. The van der Waals surface area contributed by atoms with Crippen molar-refractivity contribution in [2.75, 3.05) is 51.8 Å². The highest BCUT2D eigenvalue weighted by molar-refractivity contribution is 7.15. The molecule has 0 aromatic carbocycles. The number of aryl methyl sites for hydroxylation is 1. The van der Waals surface area contributed by atoms with Crippen LogP contribution in [0, 0.1) is 6.92 Å². The van der Waals surface area contributed by atoms with Gasteiger partial charge in [0.1, 0.15) is 0 Å². The zero-order valence-corrected chi connectivity index (χ0v) is 13.8. The Morgan fingerprint density at radius 3 is 2.95 bits per heavy atom. The summed E-state index contributed by atoms with van der Waals surface area (Å²) in [7, 11) is 3.92. The maximum atomic E-state index is 5.05. The van der Waals surface area contributed by atoms with E-state index in [0.29, 0.717) is 6.04 Å². The molecule has 1 saturated heterocycles. The minimum absolute atomic E-state index is 0.536. The molecule has 114 valence electrons. The summed E-state index contributed by atoms with van der Waals surface area (Å²) in [6.45, 7) is 10.2. The van der Waals surface area contributed by atoms with Crippen molar-refractivity contribution in [1.29, 1.82) is 0 Å². The molecule has 5 nitrogen and oxygen atoms in total. The molecule has 0 radical (unpaired) electrons. The molecule has 0 spiro atoms. The second-order valence-corrected chi connectivity index (χ2v) is 6.54. The van der Waals surface area contributed by atoms with Crippen LogP contribution < -0.4 is 10.2 Å². The monoisotopic (exact) mass is 298 g/mol. The first-order valence-electron chi connectivity index (χ1n) is 7.23. The third-order valence-corrected chi connectivity index (χ3v) is 4.92. The van der Waals surface area contributed by atoms with Gasteiger partial charge in [0, 0.05) is 50.8 Å². The van der Waals surface area contributed by atoms with Crippen LogP contribution >= 0.6 is 11.3 Å². The Morgan fingerprint density at radius 1 is 1.45 bits per heavy atom. The Bertz CT molecular complexity index is 423. The van der Waals surface area contributed by atoms with E-state index < -0.39 is 0 Å². The van der Waals surface area contributed by atoms with Gasteiger partial charge in [-0.1, -0.05) is 0 Å². The van der Waals surface area contributed by atoms with E-state index in [1.165, 1.54) is 10.0 Å². The van der Waals surface area contributed by atoms with Crippen LogP contribution in [0.5, 0.6) is 0 Å². The largest absolute Gasteiger partial charge is 0.383 e. The number of ether oxygens (including phenoxy) is 1. The van der Waals surface area contributed by atoms with E-state index in [2.05, 4.69) is 36.0 Å². The molecule has 1 N–H and O–H groups in total. The summed E-state index contributed by atoms with van der Waals surface area (Å²) < 4.78 is 5.05.